The maximum Gasteiger partial charge on any atom is 0.343 e. The van der Waals surface area contributed by atoms with E-state index >= 15 is 0 Å². The molecule has 0 amide bonds. The molecule has 4 atom stereocenters. The number of aliphatic hydroxyl groups is 3. The number of benzene rings is 1. The zero-order chi connectivity index (χ0) is 17.5. The maximum absolute atomic E-state index is 11.7. The highest BCUT2D eigenvalue weighted by atomic mass is 16.5. The Morgan fingerprint density at radius 2 is 1.88 bits per heavy atom. The van der Waals surface area contributed by atoms with Crippen LogP contribution >= 0.6 is 0 Å². The molecule has 1 saturated carbocycles. The molecule has 128 valence electrons. The highest BCUT2D eigenvalue weighted by Crippen LogP contribution is 2.33. The van der Waals surface area contributed by atoms with Gasteiger partial charge in [-0.25, -0.2) is 9.59 Å². The van der Waals surface area contributed by atoms with Gasteiger partial charge in [0.1, 0.15) is 18.5 Å². The van der Waals surface area contributed by atoms with Gasteiger partial charge in [0.15, 0.2) is 11.4 Å². The molecular weight excluding hydrogens is 320 g/mol. The van der Waals surface area contributed by atoms with E-state index in [1.807, 2.05) is 0 Å². The SMILES string of the molecule is O=C(O)C1(O)CC(O)C(O)C(Oc2coc(=O)c3ccccc23)C1. The summed E-state index contributed by atoms with van der Waals surface area (Å²) in [6.45, 7) is 0. The van der Waals surface area contributed by atoms with Gasteiger partial charge in [0, 0.05) is 18.2 Å². The number of rotatable bonds is 3. The van der Waals surface area contributed by atoms with Crippen molar-refractivity contribution in [1.29, 1.82) is 0 Å². The van der Waals surface area contributed by atoms with Crippen molar-refractivity contribution in [3.8, 4) is 5.75 Å². The number of carboxylic acids is 1. The van der Waals surface area contributed by atoms with Crippen molar-refractivity contribution in [3.63, 3.8) is 0 Å². The lowest BCUT2D eigenvalue weighted by atomic mass is 9.79. The van der Waals surface area contributed by atoms with Gasteiger partial charge in [0.25, 0.3) is 0 Å². The molecule has 0 saturated heterocycles. The average Bonchev–Trinajstić information content (AvgIpc) is 2.55. The Kier molecular flexibility index (Phi) is 4.04. The second kappa shape index (κ2) is 5.90. The normalized spacial score (nSPS) is 30.2. The lowest BCUT2D eigenvalue weighted by Crippen LogP contribution is -2.57. The third-order valence-electron chi connectivity index (χ3n) is 4.22. The van der Waals surface area contributed by atoms with Crippen LogP contribution in [0.1, 0.15) is 12.8 Å². The van der Waals surface area contributed by atoms with Crippen molar-refractivity contribution in [2.45, 2.75) is 36.8 Å². The molecule has 4 N–H and O–H groups in total. The first-order valence-electron chi connectivity index (χ1n) is 7.31. The van der Waals surface area contributed by atoms with Crippen LogP contribution in [-0.2, 0) is 4.79 Å². The molecule has 8 heteroatoms. The molecule has 1 aliphatic rings. The van der Waals surface area contributed by atoms with E-state index < -0.39 is 48.3 Å². The van der Waals surface area contributed by atoms with Gasteiger partial charge in [-0.15, -0.1) is 0 Å². The van der Waals surface area contributed by atoms with Gasteiger partial charge in [-0.3, -0.25) is 0 Å². The number of hydrogen-bond acceptors (Lipinski definition) is 7. The molecule has 8 nitrogen and oxygen atoms in total. The Labute approximate surface area is 135 Å². The Hall–Kier alpha value is -2.42. The van der Waals surface area contributed by atoms with Gasteiger partial charge in [0.05, 0.1) is 11.5 Å². The van der Waals surface area contributed by atoms with E-state index in [1.54, 1.807) is 18.2 Å². The number of carboxylic acid groups (broad SMARTS) is 1. The molecule has 1 aromatic carbocycles. The molecule has 1 fully saturated rings. The van der Waals surface area contributed by atoms with Crippen LogP contribution in [0, 0.1) is 0 Å². The minimum Gasteiger partial charge on any atom is -0.484 e. The summed E-state index contributed by atoms with van der Waals surface area (Å²) in [6, 6.07) is 6.46. The molecular formula is C16H16O8. The van der Waals surface area contributed by atoms with Gasteiger partial charge in [-0.1, -0.05) is 18.2 Å². The van der Waals surface area contributed by atoms with Crippen molar-refractivity contribution >= 4 is 16.7 Å². The Bertz CT molecular complexity index is 828. The van der Waals surface area contributed by atoms with E-state index in [-0.39, 0.29) is 11.1 Å². The summed E-state index contributed by atoms with van der Waals surface area (Å²) in [7, 11) is 0. The second-order valence-electron chi connectivity index (χ2n) is 5.89. The first-order chi connectivity index (χ1) is 11.3. The van der Waals surface area contributed by atoms with Crippen LogP contribution in [0.5, 0.6) is 5.75 Å². The third-order valence-corrected chi connectivity index (χ3v) is 4.22. The summed E-state index contributed by atoms with van der Waals surface area (Å²) in [6.07, 6.45) is -3.92. The molecule has 24 heavy (non-hydrogen) atoms. The highest BCUT2D eigenvalue weighted by molar-refractivity contribution is 5.86. The van der Waals surface area contributed by atoms with Crippen molar-refractivity contribution < 1.29 is 34.4 Å². The lowest BCUT2D eigenvalue weighted by molar-refractivity contribution is -0.184. The number of aliphatic hydroxyl groups excluding tert-OH is 2. The first kappa shape index (κ1) is 16.4. The molecule has 1 heterocycles. The highest BCUT2D eigenvalue weighted by Gasteiger charge is 2.50. The zero-order valence-electron chi connectivity index (χ0n) is 12.5. The van der Waals surface area contributed by atoms with Crippen LogP contribution in [0.15, 0.2) is 39.7 Å². The fourth-order valence-corrected chi connectivity index (χ4v) is 2.90. The quantitative estimate of drug-likeness (QED) is 0.608. The number of carbonyl (C=O) groups is 1. The fraction of sp³-hybridized carbons (Fsp3) is 0.375. The number of aliphatic carboxylic acids is 1. The van der Waals surface area contributed by atoms with E-state index in [0.717, 1.165) is 6.26 Å². The number of ether oxygens (including phenoxy) is 1. The monoisotopic (exact) mass is 336 g/mol. The standard InChI is InChI=1S/C16H16O8/c17-10-5-16(22,15(20)21)6-11(13(10)18)24-12-7-23-14(19)9-4-2-1-3-8(9)12/h1-4,7,10-11,13,17-18,22H,5-6H2,(H,20,21). The van der Waals surface area contributed by atoms with E-state index in [2.05, 4.69) is 0 Å². The molecule has 1 aliphatic carbocycles. The summed E-state index contributed by atoms with van der Waals surface area (Å²) in [5.74, 6) is -1.40. The summed E-state index contributed by atoms with van der Waals surface area (Å²) in [5, 5.41) is 39.8. The van der Waals surface area contributed by atoms with Gasteiger partial charge in [0.2, 0.25) is 0 Å². The smallest absolute Gasteiger partial charge is 0.343 e. The first-order valence-corrected chi connectivity index (χ1v) is 7.31. The van der Waals surface area contributed by atoms with E-state index in [9.17, 15) is 24.9 Å². The van der Waals surface area contributed by atoms with Crippen LogP contribution in [-0.4, -0.2) is 50.3 Å². The minimum atomic E-state index is -2.21. The van der Waals surface area contributed by atoms with E-state index in [1.165, 1.54) is 6.07 Å². The number of hydrogen-bond donors (Lipinski definition) is 4. The van der Waals surface area contributed by atoms with E-state index in [0.29, 0.717) is 5.39 Å². The second-order valence-corrected chi connectivity index (χ2v) is 5.89. The molecule has 4 unspecified atom stereocenters. The van der Waals surface area contributed by atoms with Gasteiger partial charge in [-0.05, 0) is 6.07 Å². The summed E-state index contributed by atoms with van der Waals surface area (Å²) in [4.78, 5) is 22.9. The summed E-state index contributed by atoms with van der Waals surface area (Å²) >= 11 is 0. The Morgan fingerprint density at radius 1 is 1.21 bits per heavy atom. The van der Waals surface area contributed by atoms with Gasteiger partial charge in [-0.2, -0.15) is 0 Å². The zero-order valence-corrected chi connectivity index (χ0v) is 12.5. The molecule has 0 bridgehead atoms. The maximum atomic E-state index is 11.7. The fourth-order valence-electron chi connectivity index (χ4n) is 2.90. The van der Waals surface area contributed by atoms with Crippen molar-refractivity contribution in [2.75, 3.05) is 0 Å². The molecule has 2 aromatic rings. The van der Waals surface area contributed by atoms with Gasteiger partial charge < -0.3 is 29.6 Å². The molecule has 0 spiro atoms. The van der Waals surface area contributed by atoms with Crippen molar-refractivity contribution in [1.82, 2.24) is 0 Å². The topological polar surface area (TPSA) is 137 Å². The van der Waals surface area contributed by atoms with Gasteiger partial charge >= 0.3 is 11.6 Å². The average molecular weight is 336 g/mol. The predicted octanol–water partition coefficient (Wildman–Crippen LogP) is -0.128. The summed E-state index contributed by atoms with van der Waals surface area (Å²) < 4.78 is 10.5. The van der Waals surface area contributed by atoms with Crippen LogP contribution in [0.25, 0.3) is 10.8 Å². The largest absolute Gasteiger partial charge is 0.484 e. The molecule has 1 aromatic heterocycles. The Balaban J connectivity index is 1.97. The van der Waals surface area contributed by atoms with Crippen LogP contribution < -0.4 is 10.4 Å². The van der Waals surface area contributed by atoms with Crippen LogP contribution in [0.4, 0.5) is 0 Å². The van der Waals surface area contributed by atoms with E-state index in [4.69, 9.17) is 14.3 Å². The predicted molar refractivity (Wildman–Crippen MR) is 80.7 cm³/mol. The van der Waals surface area contributed by atoms with Crippen molar-refractivity contribution in [3.05, 3.63) is 40.9 Å². The molecule has 3 rings (SSSR count). The molecule has 0 radical (unpaired) electrons. The van der Waals surface area contributed by atoms with Crippen LogP contribution in [0.3, 0.4) is 0 Å². The minimum absolute atomic E-state index is 0.107. The third kappa shape index (κ3) is 2.75. The van der Waals surface area contributed by atoms with Crippen LogP contribution in [0.2, 0.25) is 0 Å². The number of fused-ring (bicyclic) bond motifs is 1. The summed E-state index contributed by atoms with van der Waals surface area (Å²) in [5.41, 5.74) is -2.78. The Morgan fingerprint density at radius 3 is 2.54 bits per heavy atom. The molecule has 0 aliphatic heterocycles. The van der Waals surface area contributed by atoms with Crippen molar-refractivity contribution in [2.24, 2.45) is 0 Å². The lowest BCUT2D eigenvalue weighted by Gasteiger charge is -2.39.